The van der Waals surface area contributed by atoms with Crippen LogP contribution in [0.2, 0.25) is 0 Å². The molecule has 0 radical (unpaired) electrons. The van der Waals surface area contributed by atoms with E-state index in [1.54, 1.807) is 6.07 Å². The van der Waals surface area contributed by atoms with E-state index < -0.39 is 11.6 Å². The molecule has 0 saturated heterocycles. The van der Waals surface area contributed by atoms with Crippen molar-refractivity contribution in [2.24, 2.45) is 0 Å². The predicted octanol–water partition coefficient (Wildman–Crippen LogP) is 3.26. The number of aromatic carboxylic acids is 1. The number of aromatic nitrogens is 1. The average Bonchev–Trinajstić information content (AvgIpc) is 2.94. The van der Waals surface area contributed by atoms with Gasteiger partial charge < -0.3 is 19.1 Å². The van der Waals surface area contributed by atoms with Gasteiger partial charge in [0.1, 0.15) is 11.4 Å². The van der Waals surface area contributed by atoms with Crippen molar-refractivity contribution in [3.05, 3.63) is 29.5 Å². The van der Waals surface area contributed by atoms with E-state index in [-0.39, 0.29) is 17.0 Å². The van der Waals surface area contributed by atoms with Gasteiger partial charge in [0.25, 0.3) is 0 Å². The molecule has 6 nitrogen and oxygen atoms in total. The fourth-order valence-corrected chi connectivity index (χ4v) is 2.09. The molecule has 1 aromatic heterocycles. The van der Waals surface area contributed by atoms with Crippen LogP contribution < -0.4 is 9.47 Å². The molecule has 0 bridgehead atoms. The molecule has 0 aliphatic rings. The molecule has 0 unspecified atom stereocenters. The molecule has 7 heteroatoms. The van der Waals surface area contributed by atoms with Gasteiger partial charge in [-0.25, -0.2) is 9.18 Å². The predicted molar refractivity (Wildman–Crippen MR) is 76.1 cm³/mol. The highest BCUT2D eigenvalue weighted by Crippen LogP contribution is 2.41. The first-order chi connectivity index (χ1) is 10.3. The maximum Gasteiger partial charge on any atom is 0.374 e. The van der Waals surface area contributed by atoms with Crippen LogP contribution in [-0.4, -0.2) is 30.5 Å². The van der Waals surface area contributed by atoms with Gasteiger partial charge in [0.05, 0.1) is 14.2 Å². The summed E-state index contributed by atoms with van der Waals surface area (Å²) in [5, 5.41) is 12.6. The largest absolute Gasteiger partial charge is 0.493 e. The molecule has 0 fully saturated rings. The molecule has 118 valence electrons. The van der Waals surface area contributed by atoms with Gasteiger partial charge in [-0.05, 0) is 26.0 Å². The van der Waals surface area contributed by atoms with Crippen LogP contribution in [0.3, 0.4) is 0 Å². The Balaban J connectivity index is 2.68. The molecule has 0 amide bonds. The number of benzene rings is 1. The number of carboxylic acid groups (broad SMARTS) is 1. The van der Waals surface area contributed by atoms with E-state index in [1.165, 1.54) is 40.2 Å². The minimum Gasteiger partial charge on any atom is -0.493 e. The summed E-state index contributed by atoms with van der Waals surface area (Å²) in [4.78, 5) is 10.9. The van der Waals surface area contributed by atoms with Crippen molar-refractivity contribution in [1.29, 1.82) is 0 Å². The Bertz CT molecular complexity index is 702. The van der Waals surface area contributed by atoms with Crippen molar-refractivity contribution >= 4 is 5.97 Å². The Morgan fingerprint density at radius 2 is 1.82 bits per heavy atom. The van der Waals surface area contributed by atoms with Gasteiger partial charge in [-0.1, -0.05) is 5.16 Å². The van der Waals surface area contributed by atoms with Crippen molar-refractivity contribution < 1.29 is 28.3 Å². The molecular formula is C15H16FNO5. The van der Waals surface area contributed by atoms with E-state index >= 15 is 0 Å². The highest BCUT2D eigenvalue weighted by Gasteiger charge is 2.27. The van der Waals surface area contributed by atoms with E-state index in [2.05, 4.69) is 5.16 Å². The molecule has 2 rings (SSSR count). The van der Waals surface area contributed by atoms with Gasteiger partial charge in [-0.15, -0.1) is 0 Å². The van der Waals surface area contributed by atoms with E-state index in [0.29, 0.717) is 17.1 Å². The lowest BCUT2D eigenvalue weighted by Gasteiger charge is -2.20. The van der Waals surface area contributed by atoms with Crippen molar-refractivity contribution in [3.8, 4) is 22.8 Å². The quantitative estimate of drug-likeness (QED) is 0.913. The minimum absolute atomic E-state index is 0.207. The Morgan fingerprint density at radius 3 is 2.27 bits per heavy atom. The Kier molecular flexibility index (Phi) is 4.07. The molecule has 2 aromatic rings. The number of ether oxygens (including phenoxy) is 2. The summed E-state index contributed by atoms with van der Waals surface area (Å²) in [6, 6.07) is 4.28. The summed E-state index contributed by atoms with van der Waals surface area (Å²) in [6.07, 6.45) is 0. The first kappa shape index (κ1) is 15.8. The summed E-state index contributed by atoms with van der Waals surface area (Å²) in [5.74, 6) is -0.827. The van der Waals surface area contributed by atoms with Gasteiger partial charge in [0, 0.05) is 17.2 Å². The molecule has 0 saturated carbocycles. The van der Waals surface area contributed by atoms with Crippen molar-refractivity contribution in [2.45, 2.75) is 19.5 Å². The smallest absolute Gasteiger partial charge is 0.374 e. The third kappa shape index (κ3) is 2.88. The van der Waals surface area contributed by atoms with Crippen LogP contribution in [0, 0.1) is 0 Å². The van der Waals surface area contributed by atoms with Crippen LogP contribution in [0.4, 0.5) is 4.39 Å². The maximum atomic E-state index is 14.5. The number of hydrogen-bond donors (Lipinski definition) is 1. The van der Waals surface area contributed by atoms with Crippen LogP contribution >= 0.6 is 0 Å². The van der Waals surface area contributed by atoms with Crippen LogP contribution in [0.5, 0.6) is 11.5 Å². The minimum atomic E-state index is -1.70. The highest BCUT2D eigenvalue weighted by atomic mass is 19.1. The zero-order chi connectivity index (χ0) is 16.5. The summed E-state index contributed by atoms with van der Waals surface area (Å²) < 4.78 is 29.6. The fraction of sp³-hybridized carbons (Fsp3) is 0.333. The first-order valence-electron chi connectivity index (χ1n) is 6.43. The number of halogens is 1. The summed E-state index contributed by atoms with van der Waals surface area (Å²) in [7, 11) is 2.90. The molecule has 1 N–H and O–H groups in total. The van der Waals surface area contributed by atoms with Crippen molar-refractivity contribution in [1.82, 2.24) is 5.16 Å². The Hall–Kier alpha value is -2.57. The van der Waals surface area contributed by atoms with Crippen LogP contribution in [0.25, 0.3) is 11.3 Å². The SMILES string of the molecule is COc1cc(-c2cc(C(=O)O)on2)c(C(C)(C)F)cc1OC. The van der Waals surface area contributed by atoms with E-state index in [9.17, 15) is 9.18 Å². The van der Waals surface area contributed by atoms with E-state index in [4.69, 9.17) is 19.1 Å². The summed E-state index contributed by atoms with van der Waals surface area (Å²) >= 11 is 0. The van der Waals surface area contributed by atoms with Gasteiger partial charge in [-0.2, -0.15) is 0 Å². The third-order valence-electron chi connectivity index (χ3n) is 3.16. The van der Waals surface area contributed by atoms with Gasteiger partial charge in [-0.3, -0.25) is 0 Å². The van der Waals surface area contributed by atoms with E-state index in [1.807, 2.05) is 0 Å². The molecule has 0 atom stereocenters. The second-order valence-electron chi connectivity index (χ2n) is 5.11. The van der Waals surface area contributed by atoms with Gasteiger partial charge in [0.2, 0.25) is 5.76 Å². The Morgan fingerprint density at radius 1 is 1.23 bits per heavy atom. The lowest BCUT2D eigenvalue weighted by molar-refractivity contribution is 0.0652. The number of hydrogen-bond acceptors (Lipinski definition) is 5. The second-order valence-corrected chi connectivity index (χ2v) is 5.11. The van der Waals surface area contributed by atoms with Crippen LogP contribution in [0.15, 0.2) is 22.7 Å². The summed E-state index contributed by atoms with van der Waals surface area (Å²) in [5.41, 5.74) is -0.826. The normalized spacial score (nSPS) is 11.3. The third-order valence-corrected chi connectivity index (χ3v) is 3.16. The second kappa shape index (κ2) is 5.67. The van der Waals surface area contributed by atoms with Crippen molar-refractivity contribution in [3.63, 3.8) is 0 Å². The Labute approximate surface area is 126 Å². The molecular weight excluding hydrogens is 293 g/mol. The zero-order valence-corrected chi connectivity index (χ0v) is 12.6. The van der Waals surface area contributed by atoms with Gasteiger partial charge in [0.15, 0.2) is 11.5 Å². The maximum absolute atomic E-state index is 14.5. The first-order valence-corrected chi connectivity index (χ1v) is 6.43. The lowest BCUT2D eigenvalue weighted by atomic mass is 9.92. The highest BCUT2D eigenvalue weighted by molar-refractivity contribution is 5.86. The molecule has 1 aromatic carbocycles. The molecule has 22 heavy (non-hydrogen) atoms. The van der Waals surface area contributed by atoms with Gasteiger partial charge >= 0.3 is 5.97 Å². The molecule has 1 heterocycles. The number of carboxylic acids is 1. The monoisotopic (exact) mass is 309 g/mol. The number of methoxy groups -OCH3 is 2. The lowest BCUT2D eigenvalue weighted by Crippen LogP contribution is -2.11. The van der Waals surface area contributed by atoms with Crippen LogP contribution in [0.1, 0.15) is 30.0 Å². The number of rotatable bonds is 5. The molecule has 0 spiro atoms. The molecule has 0 aliphatic carbocycles. The number of carbonyl (C=O) groups is 1. The summed E-state index contributed by atoms with van der Waals surface area (Å²) in [6.45, 7) is 2.77. The van der Waals surface area contributed by atoms with Crippen LogP contribution in [-0.2, 0) is 5.67 Å². The average molecular weight is 309 g/mol. The molecule has 0 aliphatic heterocycles. The van der Waals surface area contributed by atoms with E-state index in [0.717, 1.165) is 0 Å². The fourth-order valence-electron chi connectivity index (χ4n) is 2.09. The topological polar surface area (TPSA) is 81.8 Å². The van der Waals surface area contributed by atoms with Crippen molar-refractivity contribution in [2.75, 3.05) is 14.2 Å². The number of nitrogens with zero attached hydrogens (tertiary/aromatic N) is 1. The zero-order valence-electron chi connectivity index (χ0n) is 12.6. The standard InChI is InChI=1S/C15H16FNO5/c1-15(2,16)9-6-12(21-4)11(20-3)5-8(9)10-7-13(14(18)19)22-17-10/h5-7H,1-4H3,(H,18,19). The number of alkyl halides is 1.